The van der Waals surface area contributed by atoms with Crippen LogP contribution in [0.4, 0.5) is 0 Å². The number of aryl methyl sites for hydroxylation is 1. The molecule has 0 bridgehead atoms. The van der Waals surface area contributed by atoms with Crippen molar-refractivity contribution in [2.75, 3.05) is 6.61 Å². The van der Waals surface area contributed by atoms with Gasteiger partial charge in [-0.15, -0.1) is 0 Å². The average Bonchev–Trinajstić information content (AvgIpc) is 2.73. The third-order valence-electron chi connectivity index (χ3n) is 3.75. The third kappa shape index (κ3) is 3.36. The Morgan fingerprint density at radius 1 is 1.32 bits per heavy atom. The molecule has 0 saturated carbocycles. The van der Waals surface area contributed by atoms with Crippen molar-refractivity contribution in [2.24, 2.45) is 0 Å². The number of benzene rings is 1. The van der Waals surface area contributed by atoms with E-state index in [1.807, 2.05) is 52.0 Å². The monoisotopic (exact) mass is 302 g/mol. The van der Waals surface area contributed by atoms with Crippen LogP contribution in [0, 0.1) is 13.8 Å². The van der Waals surface area contributed by atoms with Gasteiger partial charge in [-0.3, -0.25) is 9.48 Å². The lowest BCUT2D eigenvalue weighted by atomic mass is 10.0. The van der Waals surface area contributed by atoms with Gasteiger partial charge in [0.2, 0.25) is 0 Å². The standard InChI is InChI=1S/C17H22N2O3/c1-5-22-13(4)14-6-8-15(9-7-14)17-11(2)18-19(12(17)3)10-16(20)21/h6-9,13H,5,10H2,1-4H3,(H,20,21). The molecule has 1 heterocycles. The molecule has 1 unspecified atom stereocenters. The Balaban J connectivity index is 2.32. The maximum absolute atomic E-state index is 10.9. The minimum absolute atomic E-state index is 0.0657. The summed E-state index contributed by atoms with van der Waals surface area (Å²) in [4.78, 5) is 10.9. The van der Waals surface area contributed by atoms with Gasteiger partial charge >= 0.3 is 5.97 Å². The van der Waals surface area contributed by atoms with E-state index in [-0.39, 0.29) is 12.6 Å². The van der Waals surface area contributed by atoms with Gasteiger partial charge in [-0.2, -0.15) is 5.10 Å². The van der Waals surface area contributed by atoms with Crippen LogP contribution in [-0.2, 0) is 16.1 Å². The molecule has 0 fully saturated rings. The van der Waals surface area contributed by atoms with Crippen LogP contribution >= 0.6 is 0 Å². The number of hydrogen-bond donors (Lipinski definition) is 1. The van der Waals surface area contributed by atoms with E-state index >= 15 is 0 Å². The van der Waals surface area contributed by atoms with Crippen LogP contribution in [0.25, 0.3) is 11.1 Å². The Morgan fingerprint density at radius 3 is 2.50 bits per heavy atom. The molecule has 118 valence electrons. The maximum Gasteiger partial charge on any atom is 0.325 e. The first-order valence-corrected chi connectivity index (χ1v) is 7.41. The molecule has 1 aromatic carbocycles. The number of nitrogens with zero attached hydrogens (tertiary/aromatic N) is 2. The summed E-state index contributed by atoms with van der Waals surface area (Å²) in [6.07, 6.45) is 0.0657. The largest absolute Gasteiger partial charge is 0.480 e. The summed E-state index contributed by atoms with van der Waals surface area (Å²) in [6.45, 7) is 8.37. The molecule has 5 heteroatoms. The lowest BCUT2D eigenvalue weighted by Gasteiger charge is -2.12. The number of ether oxygens (including phenoxy) is 1. The number of aromatic nitrogens is 2. The van der Waals surface area contributed by atoms with E-state index in [0.29, 0.717) is 6.61 Å². The van der Waals surface area contributed by atoms with Gasteiger partial charge in [0.1, 0.15) is 6.54 Å². The van der Waals surface area contributed by atoms with E-state index in [9.17, 15) is 4.79 Å². The minimum Gasteiger partial charge on any atom is -0.480 e. The molecule has 0 aliphatic heterocycles. The number of hydrogen-bond acceptors (Lipinski definition) is 3. The highest BCUT2D eigenvalue weighted by molar-refractivity contribution is 5.71. The molecule has 0 amide bonds. The van der Waals surface area contributed by atoms with Gasteiger partial charge in [-0.1, -0.05) is 24.3 Å². The molecular formula is C17H22N2O3. The highest BCUT2D eigenvalue weighted by Gasteiger charge is 2.15. The van der Waals surface area contributed by atoms with Crippen LogP contribution in [0.1, 0.15) is 36.9 Å². The van der Waals surface area contributed by atoms with Gasteiger partial charge in [0.25, 0.3) is 0 Å². The van der Waals surface area contributed by atoms with E-state index in [1.165, 1.54) is 4.68 Å². The molecule has 2 rings (SSSR count). The fourth-order valence-corrected chi connectivity index (χ4v) is 2.66. The Morgan fingerprint density at radius 2 is 1.95 bits per heavy atom. The highest BCUT2D eigenvalue weighted by Crippen LogP contribution is 2.28. The zero-order valence-corrected chi connectivity index (χ0v) is 13.5. The quantitative estimate of drug-likeness (QED) is 0.888. The lowest BCUT2D eigenvalue weighted by Crippen LogP contribution is -2.11. The predicted octanol–water partition coefficient (Wildman–Crippen LogP) is 3.35. The molecule has 0 spiro atoms. The van der Waals surface area contributed by atoms with Gasteiger partial charge < -0.3 is 9.84 Å². The summed E-state index contributed by atoms with van der Waals surface area (Å²) < 4.78 is 7.12. The SMILES string of the molecule is CCOC(C)c1ccc(-c2c(C)nn(CC(=O)O)c2C)cc1. The number of rotatable bonds is 6. The molecule has 1 aromatic heterocycles. The topological polar surface area (TPSA) is 64.4 Å². The highest BCUT2D eigenvalue weighted by atomic mass is 16.5. The first kappa shape index (κ1) is 16.2. The van der Waals surface area contributed by atoms with Crippen LogP contribution < -0.4 is 0 Å². The first-order chi connectivity index (χ1) is 10.4. The third-order valence-corrected chi connectivity index (χ3v) is 3.75. The summed E-state index contributed by atoms with van der Waals surface area (Å²) in [6, 6.07) is 8.16. The van der Waals surface area contributed by atoms with Crippen molar-refractivity contribution >= 4 is 5.97 Å². The Hall–Kier alpha value is -2.14. The Labute approximate surface area is 130 Å². The van der Waals surface area contributed by atoms with Crippen LogP contribution in [0.2, 0.25) is 0 Å². The van der Waals surface area contributed by atoms with Crippen LogP contribution in [0.5, 0.6) is 0 Å². The number of carboxylic acids is 1. The molecule has 2 aromatic rings. The molecule has 22 heavy (non-hydrogen) atoms. The van der Waals surface area contributed by atoms with E-state index < -0.39 is 5.97 Å². The van der Waals surface area contributed by atoms with Crippen molar-refractivity contribution in [1.29, 1.82) is 0 Å². The average molecular weight is 302 g/mol. The number of aliphatic carboxylic acids is 1. The molecule has 5 nitrogen and oxygen atoms in total. The van der Waals surface area contributed by atoms with Crippen LogP contribution in [0.15, 0.2) is 24.3 Å². The molecule has 1 atom stereocenters. The number of carboxylic acid groups (broad SMARTS) is 1. The number of carbonyl (C=O) groups is 1. The van der Waals surface area contributed by atoms with Crippen molar-refractivity contribution in [3.8, 4) is 11.1 Å². The van der Waals surface area contributed by atoms with Gasteiger partial charge in [0.05, 0.1) is 11.8 Å². The molecule has 0 radical (unpaired) electrons. The zero-order chi connectivity index (χ0) is 16.3. The van der Waals surface area contributed by atoms with E-state index in [0.717, 1.165) is 28.1 Å². The fourth-order valence-electron chi connectivity index (χ4n) is 2.66. The summed E-state index contributed by atoms with van der Waals surface area (Å²) in [5.41, 5.74) is 4.87. The Kier molecular flexibility index (Phi) is 4.98. The summed E-state index contributed by atoms with van der Waals surface area (Å²) in [7, 11) is 0. The van der Waals surface area contributed by atoms with Crippen molar-refractivity contribution < 1.29 is 14.6 Å². The maximum atomic E-state index is 10.9. The second-order valence-electron chi connectivity index (χ2n) is 5.32. The van der Waals surface area contributed by atoms with Crippen molar-refractivity contribution in [3.63, 3.8) is 0 Å². The van der Waals surface area contributed by atoms with Crippen LogP contribution in [-0.4, -0.2) is 27.5 Å². The van der Waals surface area contributed by atoms with Crippen molar-refractivity contribution in [3.05, 3.63) is 41.2 Å². The van der Waals surface area contributed by atoms with Gasteiger partial charge in [0, 0.05) is 17.9 Å². The smallest absolute Gasteiger partial charge is 0.325 e. The summed E-state index contributed by atoms with van der Waals surface area (Å²) in [5.74, 6) is -0.891. The molecule has 1 N–H and O–H groups in total. The molecule has 0 saturated heterocycles. The van der Waals surface area contributed by atoms with E-state index in [4.69, 9.17) is 9.84 Å². The normalized spacial score (nSPS) is 12.4. The van der Waals surface area contributed by atoms with Crippen molar-refractivity contribution in [1.82, 2.24) is 9.78 Å². The Bertz CT molecular complexity index is 659. The second-order valence-corrected chi connectivity index (χ2v) is 5.32. The fraction of sp³-hybridized carbons (Fsp3) is 0.412. The minimum atomic E-state index is -0.891. The van der Waals surface area contributed by atoms with Gasteiger partial charge in [0.15, 0.2) is 0 Å². The molecule has 0 aliphatic carbocycles. The lowest BCUT2D eigenvalue weighted by molar-refractivity contribution is -0.137. The molecular weight excluding hydrogens is 280 g/mol. The van der Waals surface area contributed by atoms with Crippen molar-refractivity contribution in [2.45, 2.75) is 40.3 Å². The van der Waals surface area contributed by atoms with Crippen LogP contribution in [0.3, 0.4) is 0 Å². The summed E-state index contributed by atoms with van der Waals surface area (Å²) in [5, 5.41) is 13.3. The second kappa shape index (κ2) is 6.75. The first-order valence-electron chi connectivity index (χ1n) is 7.41. The predicted molar refractivity (Wildman–Crippen MR) is 84.8 cm³/mol. The van der Waals surface area contributed by atoms with Gasteiger partial charge in [-0.25, -0.2) is 0 Å². The zero-order valence-electron chi connectivity index (χ0n) is 13.5. The van der Waals surface area contributed by atoms with E-state index in [2.05, 4.69) is 5.10 Å². The summed E-state index contributed by atoms with van der Waals surface area (Å²) >= 11 is 0. The van der Waals surface area contributed by atoms with Gasteiger partial charge in [-0.05, 0) is 38.8 Å². The van der Waals surface area contributed by atoms with E-state index in [1.54, 1.807) is 0 Å². The molecule has 0 aliphatic rings.